The van der Waals surface area contributed by atoms with Gasteiger partial charge >= 0.3 is 5.97 Å². The van der Waals surface area contributed by atoms with Gasteiger partial charge in [-0.2, -0.15) is 0 Å². The molecule has 0 aromatic heterocycles. The van der Waals surface area contributed by atoms with E-state index in [1.165, 1.54) is 0 Å². The average Bonchev–Trinajstić information content (AvgIpc) is 1.87. The fraction of sp³-hybridized carbons (Fsp3) is 0.571. The van der Waals surface area contributed by atoms with Gasteiger partial charge in [0, 0.05) is 12.0 Å². The van der Waals surface area contributed by atoms with Crippen molar-refractivity contribution in [2.75, 3.05) is 0 Å². The minimum atomic E-state index is -0.740. The van der Waals surface area contributed by atoms with Crippen molar-refractivity contribution in [3.63, 3.8) is 0 Å². The van der Waals surface area contributed by atoms with Crippen molar-refractivity contribution in [2.45, 2.75) is 23.7 Å². The van der Waals surface area contributed by atoms with Gasteiger partial charge in [0.25, 0.3) is 0 Å². The van der Waals surface area contributed by atoms with Crippen molar-refractivity contribution in [1.82, 2.24) is 0 Å². The Morgan fingerprint density at radius 1 is 1.64 bits per heavy atom. The summed E-state index contributed by atoms with van der Waals surface area (Å²) >= 11 is 6.36. The molecule has 0 spiro atoms. The molecule has 0 fully saturated rings. The van der Waals surface area contributed by atoms with Crippen LogP contribution in [0.25, 0.3) is 0 Å². The summed E-state index contributed by atoms with van der Waals surface area (Å²) in [5.41, 5.74) is 0.390. The lowest BCUT2D eigenvalue weighted by Gasteiger charge is -2.18. The summed E-state index contributed by atoms with van der Waals surface area (Å²) in [6.07, 6.45) is 0.645. The van der Waals surface area contributed by atoms with Crippen LogP contribution >= 0.6 is 31.9 Å². The lowest BCUT2D eigenvalue weighted by atomic mass is 10.4. The molecule has 0 aromatic rings. The molecule has 0 radical (unpaired) electrons. The minimum absolute atomic E-state index is 0.390. The van der Waals surface area contributed by atoms with Crippen LogP contribution < -0.4 is 0 Å². The van der Waals surface area contributed by atoms with Crippen LogP contribution in [0, 0.1) is 0 Å². The van der Waals surface area contributed by atoms with Gasteiger partial charge in [-0.1, -0.05) is 13.5 Å². The van der Waals surface area contributed by atoms with Gasteiger partial charge in [-0.15, -0.1) is 0 Å². The monoisotopic (exact) mass is 284 g/mol. The third-order valence-electron chi connectivity index (χ3n) is 1.00. The molecule has 0 heterocycles. The summed E-state index contributed by atoms with van der Waals surface area (Å²) in [6.45, 7) is 6.95. The van der Waals surface area contributed by atoms with Crippen LogP contribution in [-0.2, 0) is 9.53 Å². The topological polar surface area (TPSA) is 26.3 Å². The molecule has 0 aliphatic rings. The standard InChI is InChI=1S/C7H10Br2O2/c1-4-7(8,9)11-6(10)5(2)3/h2,4H2,1,3H3. The molecular formula is C7H10Br2O2. The number of hydrogen-bond donors (Lipinski definition) is 0. The second-order valence-corrected chi connectivity index (χ2v) is 5.79. The SMILES string of the molecule is C=C(C)C(=O)OC(Br)(Br)CC. The van der Waals surface area contributed by atoms with Crippen molar-refractivity contribution in [1.29, 1.82) is 0 Å². The van der Waals surface area contributed by atoms with E-state index in [0.717, 1.165) is 0 Å². The number of ether oxygens (including phenoxy) is 1. The van der Waals surface area contributed by atoms with Gasteiger partial charge in [0.15, 0.2) is 0 Å². The lowest BCUT2D eigenvalue weighted by molar-refractivity contribution is -0.141. The fourth-order valence-corrected chi connectivity index (χ4v) is 0.589. The molecule has 0 aliphatic heterocycles. The smallest absolute Gasteiger partial charge is 0.335 e. The largest absolute Gasteiger partial charge is 0.434 e. The molecule has 0 saturated carbocycles. The first-order valence-corrected chi connectivity index (χ1v) is 4.74. The summed E-state index contributed by atoms with van der Waals surface area (Å²) in [6, 6.07) is 0. The number of hydrogen-bond acceptors (Lipinski definition) is 2. The maximum Gasteiger partial charge on any atom is 0.335 e. The van der Waals surface area contributed by atoms with E-state index >= 15 is 0 Å². The van der Waals surface area contributed by atoms with Crippen molar-refractivity contribution in [2.24, 2.45) is 0 Å². The van der Waals surface area contributed by atoms with Crippen molar-refractivity contribution in [3.05, 3.63) is 12.2 Å². The van der Waals surface area contributed by atoms with Crippen LogP contribution in [0.5, 0.6) is 0 Å². The van der Waals surface area contributed by atoms with Gasteiger partial charge < -0.3 is 4.74 Å². The third-order valence-corrected chi connectivity index (χ3v) is 2.45. The molecule has 2 nitrogen and oxygen atoms in total. The van der Waals surface area contributed by atoms with Gasteiger partial charge in [0.2, 0.25) is 3.42 Å². The molecule has 0 saturated heterocycles. The molecule has 0 aromatic carbocycles. The van der Waals surface area contributed by atoms with E-state index in [1.54, 1.807) is 6.92 Å². The van der Waals surface area contributed by atoms with Crippen LogP contribution in [0.1, 0.15) is 20.3 Å². The Morgan fingerprint density at radius 2 is 2.09 bits per heavy atom. The Bertz CT molecular complexity index is 175. The number of carbonyl (C=O) groups excluding carboxylic acids is 1. The molecule has 0 amide bonds. The van der Waals surface area contributed by atoms with Crippen LogP contribution in [-0.4, -0.2) is 9.39 Å². The Labute approximate surface area is 83.2 Å². The highest BCUT2D eigenvalue weighted by atomic mass is 79.9. The number of carbonyl (C=O) groups is 1. The zero-order valence-electron chi connectivity index (χ0n) is 6.49. The van der Waals surface area contributed by atoms with E-state index in [-0.39, 0.29) is 0 Å². The molecule has 64 valence electrons. The second-order valence-electron chi connectivity index (χ2n) is 2.16. The molecular weight excluding hydrogens is 276 g/mol. The first-order chi connectivity index (χ1) is 4.89. The predicted molar refractivity (Wildman–Crippen MR) is 51.8 cm³/mol. The van der Waals surface area contributed by atoms with Crippen molar-refractivity contribution < 1.29 is 9.53 Å². The molecule has 0 bridgehead atoms. The second kappa shape index (κ2) is 4.26. The quantitative estimate of drug-likeness (QED) is 0.453. The number of rotatable bonds is 3. The highest BCUT2D eigenvalue weighted by Crippen LogP contribution is 2.31. The van der Waals surface area contributed by atoms with Crippen LogP contribution in [0.2, 0.25) is 0 Å². The van der Waals surface area contributed by atoms with Crippen LogP contribution in [0.3, 0.4) is 0 Å². The van der Waals surface area contributed by atoms with E-state index in [2.05, 4.69) is 38.4 Å². The van der Waals surface area contributed by atoms with E-state index in [9.17, 15) is 4.79 Å². The Kier molecular flexibility index (Phi) is 4.32. The Morgan fingerprint density at radius 3 is 2.36 bits per heavy atom. The molecule has 0 atom stereocenters. The first-order valence-electron chi connectivity index (χ1n) is 3.15. The van der Waals surface area contributed by atoms with E-state index in [1.807, 2.05) is 6.92 Å². The maximum atomic E-state index is 10.9. The summed E-state index contributed by atoms with van der Waals surface area (Å²) in [7, 11) is 0. The number of alkyl halides is 2. The Balaban J connectivity index is 4.04. The molecule has 11 heavy (non-hydrogen) atoms. The summed E-state index contributed by atoms with van der Waals surface area (Å²) in [5.74, 6) is -0.402. The van der Waals surface area contributed by atoms with Crippen LogP contribution in [0.4, 0.5) is 0 Å². The molecule has 0 aliphatic carbocycles. The molecule has 0 rings (SSSR count). The van der Waals surface area contributed by atoms with E-state index in [4.69, 9.17) is 4.74 Å². The Hall–Kier alpha value is 0.170. The molecule has 0 N–H and O–H groups in total. The third kappa shape index (κ3) is 4.58. The normalized spacial score (nSPS) is 10.9. The molecule has 4 heteroatoms. The average molecular weight is 286 g/mol. The zero-order valence-corrected chi connectivity index (χ0v) is 9.66. The van der Waals surface area contributed by atoms with Gasteiger partial charge in [0.05, 0.1) is 0 Å². The van der Waals surface area contributed by atoms with E-state index < -0.39 is 9.39 Å². The number of halogens is 2. The number of esters is 1. The summed E-state index contributed by atoms with van der Waals surface area (Å²) in [4.78, 5) is 10.9. The van der Waals surface area contributed by atoms with Gasteiger partial charge in [-0.3, -0.25) is 0 Å². The predicted octanol–water partition coefficient (Wildman–Crippen LogP) is 2.96. The minimum Gasteiger partial charge on any atom is -0.434 e. The van der Waals surface area contributed by atoms with Crippen molar-refractivity contribution in [3.8, 4) is 0 Å². The van der Waals surface area contributed by atoms with Gasteiger partial charge in [-0.25, -0.2) is 4.79 Å². The molecule has 0 unspecified atom stereocenters. The summed E-state index contributed by atoms with van der Waals surface area (Å²) in [5, 5.41) is 0. The highest BCUT2D eigenvalue weighted by Gasteiger charge is 2.24. The van der Waals surface area contributed by atoms with Gasteiger partial charge in [-0.05, 0) is 38.8 Å². The fourth-order valence-electron chi connectivity index (χ4n) is 0.295. The van der Waals surface area contributed by atoms with Crippen LogP contribution in [0.15, 0.2) is 12.2 Å². The maximum absolute atomic E-state index is 10.9. The highest BCUT2D eigenvalue weighted by molar-refractivity contribution is 9.25. The summed E-state index contributed by atoms with van der Waals surface area (Å²) < 4.78 is 4.20. The first kappa shape index (κ1) is 11.2. The van der Waals surface area contributed by atoms with Crippen molar-refractivity contribution >= 4 is 37.8 Å². The lowest BCUT2D eigenvalue weighted by Crippen LogP contribution is -2.20. The zero-order chi connectivity index (χ0) is 9.07. The van der Waals surface area contributed by atoms with Gasteiger partial charge in [0.1, 0.15) is 0 Å². The van der Waals surface area contributed by atoms with E-state index in [0.29, 0.717) is 12.0 Å².